The van der Waals surface area contributed by atoms with Gasteiger partial charge in [0.05, 0.1) is 4.90 Å². The Kier molecular flexibility index (Phi) is 5.73. The van der Waals surface area contributed by atoms with E-state index < -0.39 is 10.0 Å². The zero-order valence-corrected chi connectivity index (χ0v) is 16.9. The standard InChI is InChI=1S/C21H24N2O5S/c24-21(22-14-16-9-10-19-20(12-16)28-15-27-19)13-17-6-4-5-11-23(17)29(25,26)18-7-2-1-3-8-18/h1-3,7-10,12,17H,4-6,11,13-15H2,(H,22,24). The summed E-state index contributed by atoms with van der Waals surface area (Å²) in [4.78, 5) is 12.8. The summed E-state index contributed by atoms with van der Waals surface area (Å²) in [5.41, 5.74) is 0.903. The fourth-order valence-electron chi connectivity index (χ4n) is 3.76. The van der Waals surface area contributed by atoms with Gasteiger partial charge in [0.2, 0.25) is 22.7 Å². The largest absolute Gasteiger partial charge is 0.454 e. The molecule has 4 rings (SSSR count). The van der Waals surface area contributed by atoms with Gasteiger partial charge in [0.25, 0.3) is 0 Å². The van der Waals surface area contributed by atoms with Crippen molar-refractivity contribution in [2.24, 2.45) is 0 Å². The first-order chi connectivity index (χ1) is 14.0. The minimum absolute atomic E-state index is 0.149. The van der Waals surface area contributed by atoms with Crippen molar-refractivity contribution in [1.82, 2.24) is 9.62 Å². The highest BCUT2D eigenvalue weighted by Crippen LogP contribution is 2.32. The molecule has 2 aromatic carbocycles. The lowest BCUT2D eigenvalue weighted by atomic mass is 10.0. The number of piperidine rings is 1. The van der Waals surface area contributed by atoms with Gasteiger partial charge < -0.3 is 14.8 Å². The lowest BCUT2D eigenvalue weighted by Gasteiger charge is -2.34. The highest BCUT2D eigenvalue weighted by molar-refractivity contribution is 7.89. The van der Waals surface area contributed by atoms with Gasteiger partial charge in [-0.1, -0.05) is 30.7 Å². The van der Waals surface area contributed by atoms with Crippen LogP contribution in [0.2, 0.25) is 0 Å². The molecular weight excluding hydrogens is 392 g/mol. The summed E-state index contributed by atoms with van der Waals surface area (Å²) in [5, 5.41) is 2.89. The minimum atomic E-state index is -3.61. The molecule has 1 N–H and O–H groups in total. The van der Waals surface area contributed by atoms with Crippen molar-refractivity contribution >= 4 is 15.9 Å². The minimum Gasteiger partial charge on any atom is -0.454 e. The summed E-state index contributed by atoms with van der Waals surface area (Å²) in [7, 11) is -3.61. The molecule has 1 unspecified atom stereocenters. The van der Waals surface area contributed by atoms with E-state index in [9.17, 15) is 13.2 Å². The van der Waals surface area contributed by atoms with Crippen LogP contribution in [0.1, 0.15) is 31.2 Å². The van der Waals surface area contributed by atoms with E-state index in [1.54, 1.807) is 30.3 Å². The molecular formula is C21H24N2O5S. The molecule has 7 nitrogen and oxygen atoms in total. The number of hydrogen-bond acceptors (Lipinski definition) is 5. The predicted octanol–water partition coefficient (Wildman–Crippen LogP) is 2.67. The third kappa shape index (κ3) is 4.38. The van der Waals surface area contributed by atoms with Crippen LogP contribution in [-0.2, 0) is 21.4 Å². The Hall–Kier alpha value is -2.58. The maximum Gasteiger partial charge on any atom is 0.243 e. The Morgan fingerprint density at radius 3 is 2.69 bits per heavy atom. The quantitative estimate of drug-likeness (QED) is 0.783. The van der Waals surface area contributed by atoms with E-state index in [0.717, 1.165) is 18.4 Å². The van der Waals surface area contributed by atoms with E-state index in [0.29, 0.717) is 31.0 Å². The molecule has 1 fully saturated rings. The van der Waals surface area contributed by atoms with Crippen molar-refractivity contribution in [3.05, 3.63) is 54.1 Å². The van der Waals surface area contributed by atoms with Crippen molar-refractivity contribution in [3.8, 4) is 11.5 Å². The second kappa shape index (κ2) is 8.42. The highest BCUT2D eigenvalue weighted by atomic mass is 32.2. The van der Waals surface area contributed by atoms with Crippen LogP contribution in [0.4, 0.5) is 0 Å². The summed E-state index contributed by atoms with van der Waals surface area (Å²) in [6, 6.07) is 13.6. The van der Waals surface area contributed by atoms with Crippen LogP contribution >= 0.6 is 0 Å². The molecule has 0 aliphatic carbocycles. The zero-order chi connectivity index (χ0) is 20.3. The predicted molar refractivity (Wildman–Crippen MR) is 107 cm³/mol. The van der Waals surface area contributed by atoms with E-state index in [2.05, 4.69) is 5.32 Å². The second-order valence-corrected chi connectivity index (χ2v) is 9.14. The fourth-order valence-corrected chi connectivity index (χ4v) is 5.47. The van der Waals surface area contributed by atoms with E-state index in [1.807, 2.05) is 18.2 Å². The van der Waals surface area contributed by atoms with Crippen molar-refractivity contribution in [3.63, 3.8) is 0 Å². The molecule has 0 aromatic heterocycles. The summed E-state index contributed by atoms with van der Waals surface area (Å²) >= 11 is 0. The lowest BCUT2D eigenvalue weighted by molar-refractivity contribution is -0.122. The lowest BCUT2D eigenvalue weighted by Crippen LogP contribution is -2.45. The fraction of sp³-hybridized carbons (Fsp3) is 0.381. The number of amides is 1. The number of ether oxygens (including phenoxy) is 2. The first kappa shape index (κ1) is 19.7. The third-order valence-corrected chi connectivity index (χ3v) is 7.24. The SMILES string of the molecule is O=C(CC1CCCCN1S(=O)(=O)c1ccccc1)NCc1ccc2c(c1)OCO2. The van der Waals surface area contributed by atoms with E-state index in [1.165, 1.54) is 4.31 Å². The van der Waals surface area contributed by atoms with Crippen LogP contribution in [0.25, 0.3) is 0 Å². The molecule has 154 valence electrons. The number of carbonyl (C=O) groups excluding carboxylic acids is 1. The van der Waals surface area contributed by atoms with Gasteiger partial charge in [0.15, 0.2) is 11.5 Å². The van der Waals surface area contributed by atoms with E-state index in [-0.39, 0.29) is 30.1 Å². The van der Waals surface area contributed by atoms with Crippen molar-refractivity contribution in [2.75, 3.05) is 13.3 Å². The van der Waals surface area contributed by atoms with Gasteiger partial charge in [0, 0.05) is 25.6 Å². The number of benzene rings is 2. The van der Waals surface area contributed by atoms with Gasteiger partial charge in [-0.15, -0.1) is 0 Å². The first-order valence-electron chi connectivity index (χ1n) is 9.76. The van der Waals surface area contributed by atoms with Gasteiger partial charge in [-0.3, -0.25) is 4.79 Å². The molecule has 1 saturated heterocycles. The number of nitrogens with one attached hydrogen (secondary N) is 1. The van der Waals surface area contributed by atoms with E-state index >= 15 is 0 Å². The smallest absolute Gasteiger partial charge is 0.243 e. The third-order valence-electron chi connectivity index (χ3n) is 5.27. The summed E-state index contributed by atoms with van der Waals surface area (Å²) in [5.74, 6) is 1.20. The average Bonchev–Trinajstić information content (AvgIpc) is 3.21. The van der Waals surface area contributed by atoms with Crippen LogP contribution in [0.3, 0.4) is 0 Å². The zero-order valence-electron chi connectivity index (χ0n) is 16.0. The number of hydrogen-bond donors (Lipinski definition) is 1. The molecule has 0 spiro atoms. The molecule has 2 aromatic rings. The van der Waals surface area contributed by atoms with Crippen molar-refractivity contribution in [1.29, 1.82) is 0 Å². The van der Waals surface area contributed by atoms with Crippen LogP contribution in [-0.4, -0.2) is 38.0 Å². The topological polar surface area (TPSA) is 84.9 Å². The van der Waals surface area contributed by atoms with Crippen molar-refractivity contribution in [2.45, 2.75) is 43.2 Å². The summed E-state index contributed by atoms with van der Waals surface area (Å²) in [6.07, 6.45) is 2.56. The van der Waals surface area contributed by atoms with Crippen LogP contribution < -0.4 is 14.8 Å². The Balaban J connectivity index is 1.39. The van der Waals surface area contributed by atoms with Crippen molar-refractivity contribution < 1.29 is 22.7 Å². The molecule has 0 radical (unpaired) electrons. The highest BCUT2D eigenvalue weighted by Gasteiger charge is 2.34. The molecule has 2 aliphatic heterocycles. The molecule has 8 heteroatoms. The monoisotopic (exact) mass is 416 g/mol. The number of sulfonamides is 1. The molecule has 0 saturated carbocycles. The summed E-state index contributed by atoms with van der Waals surface area (Å²) < 4.78 is 38.2. The van der Waals surface area contributed by atoms with Crippen LogP contribution in [0.5, 0.6) is 11.5 Å². The average molecular weight is 416 g/mol. The van der Waals surface area contributed by atoms with Gasteiger partial charge in [-0.25, -0.2) is 8.42 Å². The Morgan fingerprint density at radius 1 is 1.07 bits per heavy atom. The number of nitrogens with zero attached hydrogens (tertiary/aromatic N) is 1. The van der Waals surface area contributed by atoms with Crippen LogP contribution in [0.15, 0.2) is 53.4 Å². The molecule has 29 heavy (non-hydrogen) atoms. The van der Waals surface area contributed by atoms with Gasteiger partial charge in [-0.2, -0.15) is 4.31 Å². The molecule has 1 amide bonds. The summed E-state index contributed by atoms with van der Waals surface area (Å²) in [6.45, 7) is 1.00. The van der Waals surface area contributed by atoms with Crippen LogP contribution in [0, 0.1) is 0 Å². The van der Waals surface area contributed by atoms with E-state index in [4.69, 9.17) is 9.47 Å². The molecule has 2 aliphatic rings. The van der Waals surface area contributed by atoms with Gasteiger partial charge in [-0.05, 0) is 42.7 Å². The Bertz CT molecular complexity index is 978. The second-order valence-electron chi connectivity index (χ2n) is 7.25. The Labute approximate surface area is 170 Å². The Morgan fingerprint density at radius 2 is 1.86 bits per heavy atom. The molecule has 2 heterocycles. The maximum atomic E-state index is 13.0. The first-order valence-corrected chi connectivity index (χ1v) is 11.2. The number of carbonyl (C=O) groups is 1. The van der Waals surface area contributed by atoms with Gasteiger partial charge in [0.1, 0.15) is 0 Å². The number of rotatable bonds is 6. The maximum absolute atomic E-state index is 13.0. The molecule has 0 bridgehead atoms. The molecule has 1 atom stereocenters. The normalized spacial score (nSPS) is 19.1. The number of fused-ring (bicyclic) bond motifs is 1. The van der Waals surface area contributed by atoms with Gasteiger partial charge >= 0.3 is 0 Å².